The Morgan fingerprint density at radius 2 is 1.91 bits per heavy atom. The Labute approximate surface area is 140 Å². The third-order valence-corrected chi connectivity index (χ3v) is 5.19. The van der Waals surface area contributed by atoms with Gasteiger partial charge in [-0.2, -0.15) is 0 Å². The van der Waals surface area contributed by atoms with Crippen molar-refractivity contribution in [1.29, 1.82) is 0 Å². The number of sulfonamides is 1. The maximum Gasteiger partial charge on any atom is 0.233 e. The Morgan fingerprint density at radius 1 is 1.30 bits per heavy atom. The van der Waals surface area contributed by atoms with E-state index in [-0.39, 0.29) is 6.54 Å². The first-order valence-electron chi connectivity index (χ1n) is 7.14. The number of carbonyl (C=O) groups is 1. The summed E-state index contributed by atoms with van der Waals surface area (Å²) in [6, 6.07) is 6.76. The second-order valence-corrected chi connectivity index (χ2v) is 7.56. The van der Waals surface area contributed by atoms with Crippen LogP contribution in [0.2, 0.25) is 5.02 Å². The fraction of sp³-hybridized carbons (Fsp3) is 0.400. The summed E-state index contributed by atoms with van der Waals surface area (Å²) in [5.41, 5.74) is 5.27. The third-order valence-electron chi connectivity index (χ3n) is 3.89. The van der Waals surface area contributed by atoms with Crippen LogP contribution in [0, 0.1) is 5.41 Å². The highest BCUT2D eigenvalue weighted by atomic mass is 35.5. The molecule has 6 nitrogen and oxygen atoms in total. The van der Waals surface area contributed by atoms with Gasteiger partial charge in [0.05, 0.1) is 5.41 Å². The van der Waals surface area contributed by atoms with Crippen LogP contribution in [0.5, 0.6) is 0 Å². The van der Waals surface area contributed by atoms with Gasteiger partial charge in [0.1, 0.15) is 0 Å². The van der Waals surface area contributed by atoms with Crippen LogP contribution in [0.3, 0.4) is 0 Å². The van der Waals surface area contributed by atoms with Crippen LogP contribution >= 0.6 is 11.6 Å². The monoisotopic (exact) mass is 358 g/mol. The Kier molecular flexibility index (Phi) is 5.80. The number of nitrogens with two attached hydrogens (primary N) is 1. The zero-order valence-corrected chi connectivity index (χ0v) is 14.1. The van der Waals surface area contributed by atoms with E-state index in [9.17, 15) is 13.2 Å². The highest BCUT2D eigenvalue weighted by Crippen LogP contribution is 2.29. The van der Waals surface area contributed by atoms with Crippen molar-refractivity contribution in [3.63, 3.8) is 0 Å². The molecule has 0 saturated carbocycles. The van der Waals surface area contributed by atoms with Gasteiger partial charge < -0.3 is 10.5 Å². The summed E-state index contributed by atoms with van der Waals surface area (Å²) in [6.07, 6.45) is 2.27. The molecule has 2 rings (SSSR count). The normalized spacial score (nSPS) is 18.1. The molecule has 1 amide bonds. The molecule has 0 unspecified atom stereocenters. The van der Waals surface area contributed by atoms with E-state index in [1.54, 1.807) is 24.3 Å². The smallest absolute Gasteiger partial charge is 0.233 e. The van der Waals surface area contributed by atoms with Crippen LogP contribution in [0.1, 0.15) is 18.4 Å². The fourth-order valence-corrected chi connectivity index (χ4v) is 3.34. The first kappa shape index (κ1) is 17.9. The van der Waals surface area contributed by atoms with Gasteiger partial charge >= 0.3 is 0 Å². The molecular weight excluding hydrogens is 340 g/mol. The number of hydrogen-bond acceptors (Lipinski definition) is 4. The molecule has 1 saturated heterocycles. The lowest BCUT2D eigenvalue weighted by atomic mass is 9.80. The maximum atomic E-state index is 12.1. The van der Waals surface area contributed by atoms with Gasteiger partial charge in [-0.05, 0) is 36.6 Å². The molecule has 8 heteroatoms. The second-order valence-electron chi connectivity index (χ2n) is 5.48. The van der Waals surface area contributed by atoms with Crippen molar-refractivity contribution in [3.05, 3.63) is 40.3 Å². The summed E-state index contributed by atoms with van der Waals surface area (Å²) < 4.78 is 31.8. The molecule has 1 aromatic carbocycles. The highest BCUT2D eigenvalue weighted by molar-refractivity contribution is 7.92. The highest BCUT2D eigenvalue weighted by Gasteiger charge is 2.39. The van der Waals surface area contributed by atoms with Crippen molar-refractivity contribution in [2.24, 2.45) is 11.1 Å². The number of halogens is 1. The molecule has 1 aromatic rings. The largest absolute Gasteiger partial charge is 0.381 e. The van der Waals surface area contributed by atoms with Gasteiger partial charge in [-0.3, -0.25) is 4.79 Å². The number of ether oxygens (including phenoxy) is 1. The van der Waals surface area contributed by atoms with Crippen molar-refractivity contribution < 1.29 is 17.9 Å². The van der Waals surface area contributed by atoms with Crippen molar-refractivity contribution >= 4 is 33.6 Å². The van der Waals surface area contributed by atoms with Crippen LogP contribution in [0.15, 0.2) is 29.7 Å². The molecular formula is C15H19ClN2O4S. The lowest BCUT2D eigenvalue weighted by Gasteiger charge is -2.33. The predicted octanol–water partition coefficient (Wildman–Crippen LogP) is 1.51. The number of carbonyl (C=O) groups excluding carboxylic acids is 1. The summed E-state index contributed by atoms with van der Waals surface area (Å²) in [6.45, 7) is 0.759. The van der Waals surface area contributed by atoms with Crippen molar-refractivity contribution in [2.75, 3.05) is 19.8 Å². The number of rotatable bonds is 6. The molecule has 0 aliphatic carbocycles. The van der Waals surface area contributed by atoms with Gasteiger partial charge in [0, 0.05) is 30.2 Å². The van der Waals surface area contributed by atoms with Gasteiger partial charge in [0.25, 0.3) is 0 Å². The lowest BCUT2D eigenvalue weighted by Crippen LogP contribution is -2.49. The Balaban J connectivity index is 2.02. The Morgan fingerprint density at radius 3 is 2.48 bits per heavy atom. The van der Waals surface area contributed by atoms with Crippen LogP contribution in [0.25, 0.3) is 6.08 Å². The molecule has 0 bridgehead atoms. The summed E-state index contributed by atoms with van der Waals surface area (Å²) >= 11 is 5.77. The van der Waals surface area contributed by atoms with E-state index in [0.29, 0.717) is 36.6 Å². The van der Waals surface area contributed by atoms with E-state index in [2.05, 4.69) is 4.72 Å². The molecule has 0 atom stereocenters. The molecule has 0 spiro atoms. The first-order valence-corrected chi connectivity index (χ1v) is 9.06. The van der Waals surface area contributed by atoms with E-state index in [1.165, 1.54) is 6.08 Å². The van der Waals surface area contributed by atoms with E-state index >= 15 is 0 Å². The molecule has 1 fully saturated rings. The number of hydrogen-bond donors (Lipinski definition) is 2. The van der Waals surface area contributed by atoms with E-state index in [1.807, 2.05) is 0 Å². The van der Waals surface area contributed by atoms with Crippen LogP contribution in [-0.4, -0.2) is 34.1 Å². The number of benzene rings is 1. The summed E-state index contributed by atoms with van der Waals surface area (Å²) in [4.78, 5) is 11.7. The third kappa shape index (κ3) is 5.04. The number of amides is 1. The quantitative estimate of drug-likeness (QED) is 0.805. The van der Waals surface area contributed by atoms with Crippen molar-refractivity contribution in [2.45, 2.75) is 12.8 Å². The molecule has 0 aromatic heterocycles. The average Bonchev–Trinajstić information content (AvgIpc) is 2.53. The molecule has 3 N–H and O–H groups in total. The Bertz CT molecular complexity index is 680. The minimum atomic E-state index is -3.67. The standard InChI is InChI=1S/C15H19ClN2O4S/c16-13-3-1-12(2-4-13)5-10-23(20,21)18-11-15(14(17)19)6-8-22-9-7-15/h1-5,10,18H,6-9,11H2,(H2,17,19). The Hall–Kier alpha value is -1.41. The molecule has 0 radical (unpaired) electrons. The fourth-order valence-electron chi connectivity index (χ4n) is 2.30. The van der Waals surface area contributed by atoms with Crippen molar-refractivity contribution in [1.82, 2.24) is 4.72 Å². The minimum absolute atomic E-state index is 0.0288. The van der Waals surface area contributed by atoms with Gasteiger partial charge in [-0.15, -0.1) is 0 Å². The lowest BCUT2D eigenvalue weighted by molar-refractivity contribution is -0.132. The van der Waals surface area contributed by atoms with Gasteiger partial charge in [-0.1, -0.05) is 23.7 Å². The maximum absolute atomic E-state index is 12.1. The predicted molar refractivity (Wildman–Crippen MR) is 89.1 cm³/mol. The summed E-state index contributed by atoms with van der Waals surface area (Å²) in [5.74, 6) is -0.509. The van der Waals surface area contributed by atoms with Crippen LogP contribution in [0.4, 0.5) is 0 Å². The van der Waals surface area contributed by atoms with Crippen LogP contribution in [-0.2, 0) is 19.6 Å². The average molecular weight is 359 g/mol. The van der Waals surface area contributed by atoms with Crippen LogP contribution < -0.4 is 10.5 Å². The second kappa shape index (κ2) is 7.44. The number of primary amides is 1. The molecule has 126 valence electrons. The molecule has 23 heavy (non-hydrogen) atoms. The van der Waals surface area contributed by atoms with Gasteiger partial charge in [0.15, 0.2) is 0 Å². The van der Waals surface area contributed by atoms with E-state index in [0.717, 1.165) is 5.41 Å². The zero-order valence-electron chi connectivity index (χ0n) is 12.5. The zero-order chi connectivity index (χ0) is 16.9. The number of nitrogens with one attached hydrogen (secondary N) is 1. The molecule has 1 aliphatic heterocycles. The summed E-state index contributed by atoms with van der Waals surface area (Å²) in [7, 11) is -3.67. The summed E-state index contributed by atoms with van der Waals surface area (Å²) in [5, 5.41) is 1.63. The topological polar surface area (TPSA) is 98.5 Å². The minimum Gasteiger partial charge on any atom is -0.381 e. The first-order chi connectivity index (χ1) is 10.8. The molecule has 1 aliphatic rings. The van der Waals surface area contributed by atoms with E-state index < -0.39 is 21.3 Å². The SMILES string of the molecule is NC(=O)C1(CNS(=O)(=O)C=Cc2ccc(Cl)cc2)CCOCC1. The van der Waals surface area contributed by atoms with Gasteiger partial charge in [0.2, 0.25) is 15.9 Å². The van der Waals surface area contributed by atoms with E-state index in [4.69, 9.17) is 22.1 Å². The van der Waals surface area contributed by atoms with Gasteiger partial charge in [-0.25, -0.2) is 13.1 Å². The molecule has 1 heterocycles. The van der Waals surface area contributed by atoms with Crippen molar-refractivity contribution in [3.8, 4) is 0 Å².